The molecule has 0 saturated heterocycles. The van der Waals surface area contributed by atoms with Crippen molar-refractivity contribution in [2.24, 2.45) is 0 Å². The molecule has 4 heteroatoms. The van der Waals surface area contributed by atoms with Crippen molar-refractivity contribution in [1.82, 2.24) is 5.32 Å². The lowest BCUT2D eigenvalue weighted by atomic mass is 10.1. The smallest absolute Gasteiger partial charge is 0.261 e. The number of amides is 1. The van der Waals surface area contributed by atoms with Gasteiger partial charge in [-0.25, -0.2) is 0 Å². The molecule has 0 aliphatic carbocycles. The quantitative estimate of drug-likeness (QED) is 0.742. The predicted octanol–water partition coefficient (Wildman–Crippen LogP) is 3.93. The minimum Gasteiger partial charge on any atom is -0.496 e. The van der Waals surface area contributed by atoms with Crippen molar-refractivity contribution in [2.75, 3.05) is 7.11 Å². The molecule has 0 aromatic heterocycles. The molecule has 3 rings (SSSR count). The lowest BCUT2D eigenvalue weighted by molar-refractivity contribution is -0.127. The van der Waals surface area contributed by atoms with Crippen LogP contribution in [0.5, 0.6) is 11.5 Å². The molecule has 3 aromatic carbocycles. The van der Waals surface area contributed by atoms with Crippen LogP contribution in [0, 0.1) is 0 Å². The molecule has 1 N–H and O–H groups in total. The standard InChI is InChI=1S/C21H21NO3/c1-15(21(23)22-14-17-9-4-6-12-19(17)24-2)25-20-13-7-10-16-8-3-5-11-18(16)20/h3-13,15H,14H2,1-2H3,(H,22,23)/t15-/m0/s1. The maximum atomic E-state index is 12.4. The van der Waals surface area contributed by atoms with Crippen molar-refractivity contribution < 1.29 is 14.3 Å². The van der Waals surface area contributed by atoms with Gasteiger partial charge in [0.1, 0.15) is 11.5 Å². The third-order valence-electron chi connectivity index (χ3n) is 4.07. The number of para-hydroxylation sites is 1. The highest BCUT2D eigenvalue weighted by atomic mass is 16.5. The maximum absolute atomic E-state index is 12.4. The summed E-state index contributed by atoms with van der Waals surface area (Å²) in [4.78, 5) is 12.4. The Labute approximate surface area is 147 Å². The van der Waals surface area contributed by atoms with Gasteiger partial charge >= 0.3 is 0 Å². The number of rotatable bonds is 6. The maximum Gasteiger partial charge on any atom is 0.261 e. The molecule has 1 amide bonds. The highest BCUT2D eigenvalue weighted by molar-refractivity contribution is 5.89. The first kappa shape index (κ1) is 16.8. The third kappa shape index (κ3) is 3.91. The molecule has 0 heterocycles. The monoisotopic (exact) mass is 335 g/mol. The van der Waals surface area contributed by atoms with E-state index in [1.807, 2.05) is 66.7 Å². The molecule has 0 aliphatic rings. The lowest BCUT2D eigenvalue weighted by Gasteiger charge is -2.17. The van der Waals surface area contributed by atoms with Crippen LogP contribution in [0.25, 0.3) is 10.8 Å². The van der Waals surface area contributed by atoms with Crippen LogP contribution in [0.2, 0.25) is 0 Å². The fourth-order valence-corrected chi connectivity index (χ4v) is 2.72. The summed E-state index contributed by atoms with van der Waals surface area (Å²) in [7, 11) is 1.62. The summed E-state index contributed by atoms with van der Waals surface area (Å²) in [5.41, 5.74) is 0.927. The number of methoxy groups -OCH3 is 1. The Balaban J connectivity index is 1.66. The Morgan fingerprint density at radius 1 is 0.960 bits per heavy atom. The van der Waals surface area contributed by atoms with Crippen LogP contribution in [0.3, 0.4) is 0 Å². The molecule has 0 radical (unpaired) electrons. The van der Waals surface area contributed by atoms with Crippen molar-refractivity contribution in [3.05, 3.63) is 72.3 Å². The summed E-state index contributed by atoms with van der Waals surface area (Å²) in [5, 5.41) is 4.98. The van der Waals surface area contributed by atoms with E-state index in [9.17, 15) is 4.79 Å². The van der Waals surface area contributed by atoms with E-state index < -0.39 is 6.10 Å². The van der Waals surface area contributed by atoms with Crippen molar-refractivity contribution in [3.8, 4) is 11.5 Å². The average Bonchev–Trinajstić information content (AvgIpc) is 2.66. The van der Waals surface area contributed by atoms with E-state index in [1.54, 1.807) is 14.0 Å². The van der Waals surface area contributed by atoms with E-state index in [4.69, 9.17) is 9.47 Å². The van der Waals surface area contributed by atoms with Crippen LogP contribution in [0.4, 0.5) is 0 Å². The van der Waals surface area contributed by atoms with E-state index in [0.717, 1.165) is 22.1 Å². The highest BCUT2D eigenvalue weighted by Crippen LogP contribution is 2.26. The molecule has 0 unspecified atom stereocenters. The molecule has 0 saturated carbocycles. The van der Waals surface area contributed by atoms with E-state index in [0.29, 0.717) is 12.3 Å². The molecule has 4 nitrogen and oxygen atoms in total. The Hall–Kier alpha value is -3.01. The third-order valence-corrected chi connectivity index (χ3v) is 4.07. The number of ether oxygens (including phenoxy) is 2. The van der Waals surface area contributed by atoms with Crippen molar-refractivity contribution in [3.63, 3.8) is 0 Å². The van der Waals surface area contributed by atoms with Crippen LogP contribution in [0.15, 0.2) is 66.7 Å². The van der Waals surface area contributed by atoms with Crippen LogP contribution in [0.1, 0.15) is 12.5 Å². The van der Waals surface area contributed by atoms with Crippen LogP contribution in [-0.2, 0) is 11.3 Å². The first-order valence-corrected chi connectivity index (χ1v) is 8.23. The van der Waals surface area contributed by atoms with Gasteiger partial charge in [0.25, 0.3) is 5.91 Å². The SMILES string of the molecule is COc1ccccc1CNC(=O)[C@H](C)Oc1cccc2ccccc12. The molecular weight excluding hydrogens is 314 g/mol. The zero-order valence-corrected chi connectivity index (χ0v) is 14.4. The average molecular weight is 335 g/mol. The summed E-state index contributed by atoms with van der Waals surface area (Å²) in [6.07, 6.45) is -0.597. The molecule has 0 bridgehead atoms. The van der Waals surface area contributed by atoms with Gasteiger partial charge in [0.2, 0.25) is 0 Å². The number of nitrogens with one attached hydrogen (secondary N) is 1. The summed E-state index contributed by atoms with van der Waals surface area (Å²) in [6.45, 7) is 2.14. The van der Waals surface area contributed by atoms with Gasteiger partial charge in [-0.05, 0) is 24.4 Å². The number of carbonyl (C=O) groups is 1. The van der Waals surface area contributed by atoms with Crippen LogP contribution >= 0.6 is 0 Å². The second kappa shape index (κ2) is 7.71. The molecule has 0 spiro atoms. The second-order valence-electron chi connectivity index (χ2n) is 5.77. The van der Waals surface area contributed by atoms with Gasteiger partial charge in [0.15, 0.2) is 6.10 Å². The minimum atomic E-state index is -0.597. The molecular formula is C21H21NO3. The van der Waals surface area contributed by atoms with Gasteiger partial charge in [-0.2, -0.15) is 0 Å². The summed E-state index contributed by atoms with van der Waals surface area (Å²) >= 11 is 0. The Kier molecular flexibility index (Phi) is 5.19. The largest absolute Gasteiger partial charge is 0.496 e. The number of benzene rings is 3. The van der Waals surface area contributed by atoms with E-state index in [2.05, 4.69) is 5.32 Å². The number of fused-ring (bicyclic) bond motifs is 1. The minimum absolute atomic E-state index is 0.168. The van der Waals surface area contributed by atoms with Gasteiger partial charge in [-0.1, -0.05) is 54.6 Å². The van der Waals surface area contributed by atoms with E-state index >= 15 is 0 Å². The number of carbonyl (C=O) groups excluding carboxylic acids is 1. The molecule has 25 heavy (non-hydrogen) atoms. The fourth-order valence-electron chi connectivity index (χ4n) is 2.72. The van der Waals surface area contributed by atoms with E-state index in [-0.39, 0.29) is 5.91 Å². The molecule has 1 atom stereocenters. The second-order valence-corrected chi connectivity index (χ2v) is 5.77. The Morgan fingerprint density at radius 2 is 1.64 bits per heavy atom. The summed E-state index contributed by atoms with van der Waals surface area (Å²) < 4.78 is 11.2. The first-order chi connectivity index (χ1) is 12.2. The van der Waals surface area contributed by atoms with Crippen molar-refractivity contribution in [2.45, 2.75) is 19.6 Å². The number of hydrogen-bond donors (Lipinski definition) is 1. The topological polar surface area (TPSA) is 47.6 Å². The van der Waals surface area contributed by atoms with Gasteiger partial charge < -0.3 is 14.8 Å². The lowest BCUT2D eigenvalue weighted by Crippen LogP contribution is -2.36. The van der Waals surface area contributed by atoms with Gasteiger partial charge in [-0.3, -0.25) is 4.79 Å². The summed E-state index contributed by atoms with van der Waals surface area (Å²) in [6, 6.07) is 21.4. The van der Waals surface area contributed by atoms with Crippen molar-refractivity contribution in [1.29, 1.82) is 0 Å². The fraction of sp³-hybridized carbons (Fsp3) is 0.190. The van der Waals surface area contributed by atoms with Gasteiger partial charge in [0.05, 0.1) is 7.11 Å². The Bertz CT molecular complexity index is 870. The molecule has 128 valence electrons. The van der Waals surface area contributed by atoms with Gasteiger partial charge in [-0.15, -0.1) is 0 Å². The normalized spacial score (nSPS) is 11.8. The highest BCUT2D eigenvalue weighted by Gasteiger charge is 2.16. The summed E-state index contributed by atoms with van der Waals surface area (Å²) in [5.74, 6) is 1.29. The molecule has 0 aliphatic heterocycles. The van der Waals surface area contributed by atoms with Crippen LogP contribution in [-0.4, -0.2) is 19.1 Å². The molecule has 0 fully saturated rings. The Morgan fingerprint density at radius 3 is 2.48 bits per heavy atom. The van der Waals surface area contributed by atoms with Gasteiger partial charge in [0, 0.05) is 17.5 Å². The number of hydrogen-bond acceptors (Lipinski definition) is 3. The molecule has 3 aromatic rings. The first-order valence-electron chi connectivity index (χ1n) is 8.23. The van der Waals surface area contributed by atoms with E-state index in [1.165, 1.54) is 0 Å². The van der Waals surface area contributed by atoms with Crippen molar-refractivity contribution >= 4 is 16.7 Å². The zero-order chi connectivity index (χ0) is 17.6. The zero-order valence-electron chi connectivity index (χ0n) is 14.4. The predicted molar refractivity (Wildman–Crippen MR) is 98.9 cm³/mol. The van der Waals surface area contributed by atoms with Crippen LogP contribution < -0.4 is 14.8 Å².